The predicted molar refractivity (Wildman–Crippen MR) is 311 cm³/mol. The maximum Gasteiger partial charge on any atom is 0.306 e. The Morgan fingerprint density at radius 1 is 0.292 bits per heavy atom. The minimum absolute atomic E-state index is 0.0986. The number of rotatable bonds is 52. The SMILES string of the molecule is CC/C=C\C/C=C\C/C=C\C/C=C\C/C=C\C/C=C\CCCCCCCCC(=O)OCC(COC(=O)CCCCCCC/C=C\C/C=C\CCC)OC(=O)CCCCCCC/C=C\C/C=C\CCCCCC. The number of hydrogen-bond donors (Lipinski definition) is 0. The van der Waals surface area contributed by atoms with Crippen LogP contribution in [0.1, 0.15) is 258 Å². The van der Waals surface area contributed by atoms with Gasteiger partial charge in [-0.05, 0) is 128 Å². The van der Waals surface area contributed by atoms with Crippen LogP contribution in [0.25, 0.3) is 0 Å². The van der Waals surface area contributed by atoms with Crippen LogP contribution in [0.3, 0.4) is 0 Å². The van der Waals surface area contributed by atoms with Crippen molar-refractivity contribution in [1.29, 1.82) is 0 Å². The average molecular weight is 998 g/mol. The van der Waals surface area contributed by atoms with E-state index in [4.69, 9.17) is 14.2 Å². The Hall–Kier alpha value is -4.19. The minimum atomic E-state index is -0.801. The van der Waals surface area contributed by atoms with Crippen LogP contribution in [0.4, 0.5) is 0 Å². The first kappa shape index (κ1) is 67.8. The third-order valence-electron chi connectivity index (χ3n) is 12.2. The number of hydrogen-bond acceptors (Lipinski definition) is 6. The lowest BCUT2D eigenvalue weighted by molar-refractivity contribution is -0.167. The van der Waals surface area contributed by atoms with Gasteiger partial charge in [0.2, 0.25) is 0 Å². The molecule has 0 aliphatic carbocycles. The van der Waals surface area contributed by atoms with Crippen molar-refractivity contribution in [2.45, 2.75) is 264 Å². The van der Waals surface area contributed by atoms with Crippen molar-refractivity contribution in [3.8, 4) is 0 Å². The zero-order valence-corrected chi connectivity index (χ0v) is 46.7. The Morgan fingerprint density at radius 2 is 0.569 bits per heavy atom. The second-order valence-corrected chi connectivity index (χ2v) is 19.2. The Kier molecular flexibility index (Phi) is 55.9. The Morgan fingerprint density at radius 3 is 0.903 bits per heavy atom. The lowest BCUT2D eigenvalue weighted by atomic mass is 10.1. The maximum atomic E-state index is 12.9. The number of carbonyl (C=O) groups is 3. The van der Waals surface area contributed by atoms with E-state index in [1.807, 2.05) is 0 Å². The fourth-order valence-electron chi connectivity index (χ4n) is 7.75. The van der Waals surface area contributed by atoms with Crippen LogP contribution >= 0.6 is 0 Å². The summed E-state index contributed by atoms with van der Waals surface area (Å²) in [6.07, 6.45) is 81.9. The first-order valence-electron chi connectivity index (χ1n) is 29.5. The van der Waals surface area contributed by atoms with E-state index in [0.717, 1.165) is 167 Å². The van der Waals surface area contributed by atoms with Crippen molar-refractivity contribution in [3.63, 3.8) is 0 Å². The van der Waals surface area contributed by atoms with Gasteiger partial charge in [0.1, 0.15) is 13.2 Å². The molecule has 6 heteroatoms. The molecule has 0 saturated carbocycles. The monoisotopic (exact) mass is 997 g/mol. The number of unbranched alkanes of at least 4 members (excludes halogenated alkanes) is 21. The molecule has 0 aromatic carbocycles. The molecule has 0 heterocycles. The van der Waals surface area contributed by atoms with E-state index >= 15 is 0 Å². The van der Waals surface area contributed by atoms with E-state index in [9.17, 15) is 14.4 Å². The van der Waals surface area contributed by atoms with Crippen LogP contribution in [0.5, 0.6) is 0 Å². The lowest BCUT2D eigenvalue weighted by Gasteiger charge is -2.18. The molecule has 0 N–H and O–H groups in total. The van der Waals surface area contributed by atoms with Crippen molar-refractivity contribution in [1.82, 2.24) is 0 Å². The molecule has 408 valence electrons. The highest BCUT2D eigenvalue weighted by molar-refractivity contribution is 5.71. The first-order chi connectivity index (χ1) is 35.5. The molecule has 0 saturated heterocycles. The van der Waals surface area contributed by atoms with Gasteiger partial charge in [-0.2, -0.15) is 0 Å². The standard InChI is InChI=1S/C66H108O6/c1-4-7-10-13-16-19-22-25-27-29-30-31-32-33-34-35-36-37-39-41-44-47-50-53-56-59-65(68)71-62-63(61-70-64(67)58-55-52-49-46-43-40-24-21-18-15-12-9-6-3)72-66(69)60-57-54-51-48-45-42-38-28-26-23-20-17-14-11-8-5-2/h7,10,12,15-16,19-21,23-25,27-28,30-31,33-34,36-38,63H,4-6,8-9,11,13-14,17-18,22,26,29,32,35,39-62H2,1-3H3/b10-7-,15-12-,19-16-,23-20-,24-21-,27-25-,31-30-,34-33-,37-36-,38-28-. The summed E-state index contributed by atoms with van der Waals surface area (Å²) in [6.45, 7) is 6.41. The van der Waals surface area contributed by atoms with Gasteiger partial charge in [-0.1, -0.05) is 232 Å². The summed E-state index contributed by atoms with van der Waals surface area (Å²) in [5.41, 5.74) is 0. The van der Waals surface area contributed by atoms with Gasteiger partial charge >= 0.3 is 17.9 Å². The van der Waals surface area contributed by atoms with E-state index in [-0.39, 0.29) is 31.1 Å². The number of allylic oxidation sites excluding steroid dienone is 20. The van der Waals surface area contributed by atoms with Crippen LogP contribution in [-0.2, 0) is 28.6 Å². The average Bonchev–Trinajstić information content (AvgIpc) is 3.38. The van der Waals surface area contributed by atoms with E-state index in [2.05, 4.69) is 142 Å². The zero-order valence-electron chi connectivity index (χ0n) is 46.7. The number of esters is 3. The second kappa shape index (κ2) is 59.4. The van der Waals surface area contributed by atoms with Gasteiger partial charge in [-0.15, -0.1) is 0 Å². The van der Waals surface area contributed by atoms with E-state index < -0.39 is 6.10 Å². The molecule has 0 aliphatic rings. The molecular weight excluding hydrogens is 889 g/mol. The van der Waals surface area contributed by atoms with Gasteiger partial charge in [-0.3, -0.25) is 14.4 Å². The zero-order chi connectivity index (χ0) is 52.2. The summed E-state index contributed by atoms with van der Waals surface area (Å²) in [5, 5.41) is 0. The molecule has 0 fully saturated rings. The van der Waals surface area contributed by atoms with Crippen molar-refractivity contribution in [2.24, 2.45) is 0 Å². The van der Waals surface area contributed by atoms with E-state index in [1.54, 1.807) is 0 Å². The van der Waals surface area contributed by atoms with Crippen LogP contribution in [-0.4, -0.2) is 37.2 Å². The normalized spacial score (nSPS) is 13.0. The topological polar surface area (TPSA) is 78.9 Å². The lowest BCUT2D eigenvalue weighted by Crippen LogP contribution is -2.30. The van der Waals surface area contributed by atoms with Gasteiger partial charge in [0.15, 0.2) is 6.10 Å². The highest BCUT2D eigenvalue weighted by Crippen LogP contribution is 2.14. The minimum Gasteiger partial charge on any atom is -0.462 e. The number of carbonyl (C=O) groups excluding carboxylic acids is 3. The molecule has 0 spiro atoms. The summed E-state index contributed by atoms with van der Waals surface area (Å²) in [7, 11) is 0. The molecule has 0 aromatic rings. The molecule has 1 unspecified atom stereocenters. The Labute approximate surface area is 443 Å². The second-order valence-electron chi connectivity index (χ2n) is 19.2. The number of ether oxygens (including phenoxy) is 3. The van der Waals surface area contributed by atoms with E-state index in [0.29, 0.717) is 19.3 Å². The summed E-state index contributed by atoms with van der Waals surface area (Å²) >= 11 is 0. The van der Waals surface area contributed by atoms with Gasteiger partial charge in [0.25, 0.3) is 0 Å². The predicted octanol–water partition coefficient (Wildman–Crippen LogP) is 20.0. The highest BCUT2D eigenvalue weighted by atomic mass is 16.6. The third kappa shape index (κ3) is 56.7. The van der Waals surface area contributed by atoms with Crippen LogP contribution in [0.15, 0.2) is 122 Å². The third-order valence-corrected chi connectivity index (χ3v) is 12.2. The van der Waals surface area contributed by atoms with Crippen LogP contribution in [0, 0.1) is 0 Å². The van der Waals surface area contributed by atoms with E-state index in [1.165, 1.54) is 51.4 Å². The van der Waals surface area contributed by atoms with Crippen LogP contribution < -0.4 is 0 Å². The smallest absolute Gasteiger partial charge is 0.306 e. The van der Waals surface area contributed by atoms with Crippen molar-refractivity contribution < 1.29 is 28.6 Å². The van der Waals surface area contributed by atoms with Crippen molar-refractivity contribution in [3.05, 3.63) is 122 Å². The molecule has 72 heavy (non-hydrogen) atoms. The molecule has 6 nitrogen and oxygen atoms in total. The van der Waals surface area contributed by atoms with Gasteiger partial charge in [0, 0.05) is 19.3 Å². The summed E-state index contributed by atoms with van der Waals surface area (Å²) in [4.78, 5) is 38.2. The van der Waals surface area contributed by atoms with Gasteiger partial charge < -0.3 is 14.2 Å². The fraction of sp³-hybridized carbons (Fsp3) is 0.652. The molecule has 0 radical (unpaired) electrons. The first-order valence-corrected chi connectivity index (χ1v) is 29.5. The van der Waals surface area contributed by atoms with Gasteiger partial charge in [0.05, 0.1) is 0 Å². The molecule has 0 rings (SSSR count). The highest BCUT2D eigenvalue weighted by Gasteiger charge is 2.19. The molecule has 0 aromatic heterocycles. The molecule has 0 amide bonds. The summed E-state index contributed by atoms with van der Waals surface area (Å²) in [6, 6.07) is 0. The van der Waals surface area contributed by atoms with Crippen molar-refractivity contribution in [2.75, 3.05) is 13.2 Å². The maximum absolute atomic E-state index is 12.9. The van der Waals surface area contributed by atoms with Gasteiger partial charge in [-0.25, -0.2) is 0 Å². The Balaban J connectivity index is 4.41. The molecular formula is C66H108O6. The fourth-order valence-corrected chi connectivity index (χ4v) is 7.75. The molecule has 0 aliphatic heterocycles. The largest absolute Gasteiger partial charge is 0.462 e. The Bertz CT molecular complexity index is 1520. The summed E-state index contributed by atoms with van der Waals surface area (Å²) in [5.74, 6) is -0.941. The quantitative estimate of drug-likeness (QED) is 0.0261. The van der Waals surface area contributed by atoms with Crippen molar-refractivity contribution >= 4 is 17.9 Å². The molecule has 1 atom stereocenters. The van der Waals surface area contributed by atoms with Crippen LogP contribution in [0.2, 0.25) is 0 Å². The molecule has 0 bridgehead atoms. The summed E-state index contributed by atoms with van der Waals surface area (Å²) < 4.78 is 16.8.